The maximum Gasteiger partial charge on any atom is 0.416 e. The molecule has 0 amide bonds. The summed E-state index contributed by atoms with van der Waals surface area (Å²) in [5.74, 6) is -0.0368. The molecule has 5 aliphatic rings. The molecule has 0 N–H and O–H groups in total. The van der Waals surface area contributed by atoms with Crippen molar-refractivity contribution in [1.82, 2.24) is 9.97 Å². The van der Waals surface area contributed by atoms with Crippen molar-refractivity contribution in [2.24, 2.45) is 39.0 Å². The number of nitrogens with zero attached hydrogens (tertiary/aromatic N) is 4. The number of esters is 1. The first-order valence-electron chi connectivity index (χ1n) is 19.2. The van der Waals surface area contributed by atoms with Crippen LogP contribution in [0.25, 0.3) is 5.57 Å². The number of hydrogen-bond acceptors (Lipinski definition) is 7. The molecule has 0 bridgehead atoms. The summed E-state index contributed by atoms with van der Waals surface area (Å²) in [5.41, 5.74) is -0.766. The molecule has 0 saturated heterocycles. The molecule has 3 saturated carbocycles. The number of benzene rings is 1. The fraction of sp³-hybridized carbons (Fsp3) is 0.595. The fourth-order valence-electron chi connectivity index (χ4n) is 9.19. The third-order valence-corrected chi connectivity index (χ3v) is 13.2. The largest absolute Gasteiger partial charge is 0.465 e. The standard InChI is InChI=1S/C42H48F6N4O3/c1-7-27-13-32(27)35(53)38(5,6)8-9-55-36(54)33-16-39(22-40(33)15-24(40)3)17-34(39)52(21-26-11-30(41(43,44)45)14-31(12-26)42(46,47)48)37-50-19-29(20-51-37)28-10-23(2)25(4)49-18-28/h10-12,14,18-20,23-25,33-34H,7-9,13,15-17,21-22H2,1-6H3/t23-,24+,25-,33-,34?,39?,40?/m1/s1. The van der Waals surface area contributed by atoms with Crippen molar-refractivity contribution in [3.05, 3.63) is 70.1 Å². The summed E-state index contributed by atoms with van der Waals surface area (Å²) >= 11 is 0. The minimum atomic E-state index is -4.99. The maximum atomic E-state index is 13.9. The van der Waals surface area contributed by atoms with Gasteiger partial charge in [0.2, 0.25) is 5.95 Å². The van der Waals surface area contributed by atoms with Gasteiger partial charge in [-0.05, 0) is 109 Å². The van der Waals surface area contributed by atoms with E-state index in [1.165, 1.54) is 5.57 Å². The van der Waals surface area contributed by atoms with Gasteiger partial charge in [-0.2, -0.15) is 26.3 Å². The molecule has 2 heterocycles. The fourth-order valence-corrected chi connectivity index (χ4v) is 9.19. The molecule has 1 aromatic carbocycles. The van der Waals surface area contributed by atoms with Crippen LogP contribution in [0.1, 0.15) is 109 Å². The second-order valence-corrected chi connectivity index (χ2v) is 17.4. The van der Waals surface area contributed by atoms with E-state index in [2.05, 4.69) is 28.0 Å². The van der Waals surface area contributed by atoms with E-state index in [-0.39, 0.29) is 71.8 Å². The van der Waals surface area contributed by atoms with Crippen molar-refractivity contribution in [1.29, 1.82) is 0 Å². The average molecular weight is 771 g/mol. The molecule has 2 spiro atoms. The molecule has 1 aliphatic heterocycles. The third-order valence-electron chi connectivity index (χ3n) is 13.2. The summed E-state index contributed by atoms with van der Waals surface area (Å²) in [4.78, 5) is 42.4. The van der Waals surface area contributed by atoms with Crippen LogP contribution in [0.2, 0.25) is 0 Å². The van der Waals surface area contributed by atoms with Gasteiger partial charge in [0.15, 0.2) is 5.78 Å². The zero-order valence-electron chi connectivity index (χ0n) is 32.1. The maximum absolute atomic E-state index is 13.9. The number of hydrogen-bond donors (Lipinski definition) is 0. The van der Waals surface area contributed by atoms with Crippen molar-refractivity contribution in [3.63, 3.8) is 0 Å². The van der Waals surface area contributed by atoms with Gasteiger partial charge in [0.25, 0.3) is 0 Å². The molecular weight excluding hydrogens is 722 g/mol. The Bertz CT molecular complexity index is 1940. The molecule has 7 nitrogen and oxygen atoms in total. The highest BCUT2D eigenvalue weighted by Gasteiger charge is 2.74. The van der Waals surface area contributed by atoms with Crippen LogP contribution in [0.3, 0.4) is 0 Å². The van der Waals surface area contributed by atoms with Crippen molar-refractivity contribution in [2.45, 2.75) is 117 Å². The summed E-state index contributed by atoms with van der Waals surface area (Å²) in [6, 6.07) is 1.42. The topological polar surface area (TPSA) is 84.8 Å². The van der Waals surface area contributed by atoms with Crippen LogP contribution in [0.5, 0.6) is 0 Å². The highest BCUT2D eigenvalue weighted by atomic mass is 19.4. The highest BCUT2D eigenvalue weighted by molar-refractivity contribution is 6.10. The number of halogens is 6. The molecule has 55 heavy (non-hydrogen) atoms. The first-order valence-corrected chi connectivity index (χ1v) is 19.2. The van der Waals surface area contributed by atoms with Gasteiger partial charge in [-0.3, -0.25) is 14.6 Å². The third kappa shape index (κ3) is 7.60. The van der Waals surface area contributed by atoms with E-state index < -0.39 is 40.2 Å². The van der Waals surface area contributed by atoms with E-state index in [0.717, 1.165) is 42.5 Å². The van der Waals surface area contributed by atoms with Crippen molar-refractivity contribution in [3.8, 4) is 0 Å². The number of aromatic nitrogens is 2. The van der Waals surface area contributed by atoms with Crippen molar-refractivity contribution < 1.29 is 40.7 Å². The Morgan fingerprint density at radius 3 is 2.13 bits per heavy atom. The Kier molecular flexibility index (Phi) is 9.68. The van der Waals surface area contributed by atoms with Crippen molar-refractivity contribution >= 4 is 29.5 Å². The van der Waals surface area contributed by atoms with Gasteiger partial charge in [-0.15, -0.1) is 0 Å². The van der Waals surface area contributed by atoms with E-state index in [0.29, 0.717) is 31.2 Å². The van der Waals surface area contributed by atoms with Gasteiger partial charge in [0.05, 0.1) is 29.7 Å². The van der Waals surface area contributed by atoms with Gasteiger partial charge in [-0.1, -0.05) is 46.3 Å². The first-order chi connectivity index (χ1) is 25.7. The number of dihydropyridines is 1. The Morgan fingerprint density at radius 1 is 0.945 bits per heavy atom. The summed E-state index contributed by atoms with van der Waals surface area (Å²) in [6.07, 6.45) is 1.56. The smallest absolute Gasteiger partial charge is 0.416 e. The minimum Gasteiger partial charge on any atom is -0.465 e. The molecule has 13 heteroatoms. The van der Waals surface area contributed by atoms with Crippen LogP contribution >= 0.6 is 0 Å². The number of aliphatic imine (C=N–C) groups is 1. The minimum absolute atomic E-state index is 0.0968. The lowest BCUT2D eigenvalue weighted by Gasteiger charge is -2.27. The summed E-state index contributed by atoms with van der Waals surface area (Å²) in [7, 11) is 0. The molecule has 296 valence electrons. The molecule has 3 unspecified atom stereocenters. The number of allylic oxidation sites excluding steroid dienone is 3. The lowest BCUT2D eigenvalue weighted by Crippen LogP contribution is -2.31. The Balaban J connectivity index is 1.14. The van der Waals surface area contributed by atoms with E-state index in [9.17, 15) is 35.9 Å². The monoisotopic (exact) mass is 770 g/mol. The van der Waals surface area contributed by atoms with Crippen LogP contribution < -0.4 is 4.90 Å². The van der Waals surface area contributed by atoms with Gasteiger partial charge in [-0.25, -0.2) is 9.97 Å². The number of carbonyl (C=O) groups excluding carboxylic acids is 2. The van der Waals surface area contributed by atoms with E-state index in [1.807, 2.05) is 34.6 Å². The molecule has 0 radical (unpaired) electrons. The predicted octanol–water partition coefficient (Wildman–Crippen LogP) is 9.85. The van der Waals surface area contributed by atoms with Crippen molar-refractivity contribution in [2.75, 3.05) is 11.5 Å². The number of Topliss-reactive ketones (excluding diaryl/α,β-unsaturated/α-hetero) is 1. The van der Waals surface area contributed by atoms with E-state index >= 15 is 0 Å². The Morgan fingerprint density at radius 2 is 1.58 bits per heavy atom. The molecule has 4 aliphatic carbocycles. The first kappa shape index (κ1) is 39.2. The van der Waals surface area contributed by atoms with Crippen LogP contribution in [0.15, 0.2) is 52.8 Å². The number of carbonyl (C=O) groups is 2. The summed E-state index contributed by atoms with van der Waals surface area (Å²) in [5, 5.41) is 0. The number of ketones is 1. The number of rotatable bonds is 12. The zero-order valence-corrected chi connectivity index (χ0v) is 32.1. The molecule has 7 atom stereocenters. The SMILES string of the molecule is CCC1=C(C(=O)C(C)(C)CCOC(=O)[C@H]2CC3(CC3N(Cc3cc(C(F)(F)F)cc(C(F)(F)F)c3)c3ncc(C4=C[C@@H](C)[C@@H](C)N=C4)cn3)CC23C[C@@H]3C)C1. The van der Waals surface area contributed by atoms with Crippen LogP contribution in [-0.2, 0) is 33.2 Å². The molecule has 1 aromatic heterocycles. The molecule has 7 rings (SSSR count). The summed E-state index contributed by atoms with van der Waals surface area (Å²) < 4.78 is 89.3. The zero-order chi connectivity index (χ0) is 39.9. The second kappa shape index (κ2) is 13.6. The Labute approximate surface area is 317 Å². The van der Waals surface area contributed by atoms with Gasteiger partial charge in [0, 0.05) is 42.2 Å². The molecule has 2 aromatic rings. The summed E-state index contributed by atoms with van der Waals surface area (Å²) in [6.45, 7) is 11.7. The lowest BCUT2D eigenvalue weighted by molar-refractivity contribution is -0.152. The number of alkyl halides is 6. The highest BCUT2D eigenvalue weighted by Crippen LogP contribution is 2.77. The van der Waals surface area contributed by atoms with Gasteiger partial charge < -0.3 is 9.64 Å². The molecule has 3 fully saturated rings. The number of anilines is 1. The lowest BCUT2D eigenvalue weighted by atomic mass is 9.83. The second-order valence-electron chi connectivity index (χ2n) is 17.4. The van der Waals surface area contributed by atoms with Gasteiger partial charge in [0.1, 0.15) is 0 Å². The van der Waals surface area contributed by atoms with Crippen LogP contribution in [-0.4, -0.2) is 46.6 Å². The van der Waals surface area contributed by atoms with Crippen LogP contribution in [0, 0.1) is 34.0 Å². The average Bonchev–Trinajstić information content (AvgIpc) is 4.07. The predicted molar refractivity (Wildman–Crippen MR) is 196 cm³/mol. The molecular formula is C42H48F6N4O3. The van der Waals surface area contributed by atoms with Crippen LogP contribution in [0.4, 0.5) is 32.3 Å². The number of ether oxygens (including phenoxy) is 1. The van der Waals surface area contributed by atoms with Gasteiger partial charge >= 0.3 is 18.3 Å². The van der Waals surface area contributed by atoms with E-state index in [4.69, 9.17) is 4.74 Å². The quantitative estimate of drug-likeness (QED) is 0.158. The Hall–Kier alpha value is -4.03. The normalized spacial score (nSPS) is 29.8. The van der Waals surface area contributed by atoms with E-state index in [1.54, 1.807) is 23.5 Å².